The standard InChI is InChI=1S/C11H12F3NO3/c12-11(13,14)4-1-5-15-10(18)7-2-3-8(16)9(17)6-7/h2-3,6,16-17H,1,4-5H2,(H,15,18). The van der Waals surface area contributed by atoms with Crippen molar-refractivity contribution in [2.24, 2.45) is 0 Å². The summed E-state index contributed by atoms with van der Waals surface area (Å²) < 4.78 is 35.5. The van der Waals surface area contributed by atoms with Crippen LogP contribution < -0.4 is 5.32 Å². The lowest BCUT2D eigenvalue weighted by Crippen LogP contribution is -2.25. The molecule has 4 nitrogen and oxygen atoms in total. The minimum atomic E-state index is -4.23. The highest BCUT2D eigenvalue weighted by molar-refractivity contribution is 5.94. The summed E-state index contributed by atoms with van der Waals surface area (Å²) in [4.78, 5) is 11.4. The van der Waals surface area contributed by atoms with Crippen LogP contribution in [-0.2, 0) is 0 Å². The molecule has 0 saturated heterocycles. The van der Waals surface area contributed by atoms with Crippen molar-refractivity contribution in [2.75, 3.05) is 6.54 Å². The number of phenols is 2. The molecule has 0 aliphatic carbocycles. The van der Waals surface area contributed by atoms with Gasteiger partial charge in [0.1, 0.15) is 0 Å². The van der Waals surface area contributed by atoms with Gasteiger partial charge in [-0.1, -0.05) is 0 Å². The first kappa shape index (κ1) is 14.1. The Balaban J connectivity index is 2.43. The van der Waals surface area contributed by atoms with E-state index in [9.17, 15) is 18.0 Å². The van der Waals surface area contributed by atoms with Crippen molar-refractivity contribution in [3.63, 3.8) is 0 Å². The van der Waals surface area contributed by atoms with E-state index in [1.165, 1.54) is 6.07 Å². The number of alkyl halides is 3. The van der Waals surface area contributed by atoms with Crippen molar-refractivity contribution in [1.82, 2.24) is 5.32 Å². The number of amides is 1. The van der Waals surface area contributed by atoms with E-state index < -0.39 is 24.3 Å². The van der Waals surface area contributed by atoms with Gasteiger partial charge in [0.2, 0.25) is 0 Å². The maximum atomic E-state index is 11.8. The number of hydrogen-bond donors (Lipinski definition) is 3. The van der Waals surface area contributed by atoms with Crippen molar-refractivity contribution in [3.05, 3.63) is 23.8 Å². The van der Waals surface area contributed by atoms with E-state index in [2.05, 4.69) is 5.32 Å². The molecule has 7 heteroatoms. The van der Waals surface area contributed by atoms with Crippen LogP contribution in [0.4, 0.5) is 13.2 Å². The number of halogens is 3. The summed E-state index contributed by atoms with van der Waals surface area (Å²) in [6.45, 7) is -0.111. The average molecular weight is 263 g/mol. The fourth-order valence-corrected chi connectivity index (χ4v) is 1.26. The van der Waals surface area contributed by atoms with Gasteiger partial charge < -0.3 is 15.5 Å². The largest absolute Gasteiger partial charge is 0.504 e. The second-order valence-electron chi connectivity index (χ2n) is 3.68. The zero-order valence-corrected chi connectivity index (χ0v) is 9.29. The highest BCUT2D eigenvalue weighted by atomic mass is 19.4. The van der Waals surface area contributed by atoms with E-state index in [0.29, 0.717) is 0 Å². The quantitative estimate of drug-likeness (QED) is 0.576. The Labute approximate surface area is 101 Å². The maximum Gasteiger partial charge on any atom is 0.389 e. The van der Waals surface area contributed by atoms with E-state index in [-0.39, 0.29) is 24.3 Å². The van der Waals surface area contributed by atoms with Crippen molar-refractivity contribution in [2.45, 2.75) is 19.0 Å². The Hall–Kier alpha value is -1.92. The zero-order valence-electron chi connectivity index (χ0n) is 9.29. The molecular weight excluding hydrogens is 251 g/mol. The van der Waals surface area contributed by atoms with Gasteiger partial charge in [-0.3, -0.25) is 4.79 Å². The van der Waals surface area contributed by atoms with E-state index >= 15 is 0 Å². The highest BCUT2D eigenvalue weighted by Crippen LogP contribution is 2.24. The van der Waals surface area contributed by atoms with Crippen LogP contribution in [0.1, 0.15) is 23.2 Å². The molecule has 0 saturated carbocycles. The summed E-state index contributed by atoms with van der Waals surface area (Å²) in [5, 5.41) is 20.5. The third-order valence-corrected chi connectivity index (χ3v) is 2.16. The predicted molar refractivity (Wildman–Crippen MR) is 57.4 cm³/mol. The summed E-state index contributed by atoms with van der Waals surface area (Å²) in [6.07, 6.45) is -5.41. The normalized spacial score (nSPS) is 11.3. The first-order valence-corrected chi connectivity index (χ1v) is 5.16. The Morgan fingerprint density at radius 2 is 1.89 bits per heavy atom. The molecule has 1 amide bonds. The first-order chi connectivity index (χ1) is 8.29. The van der Waals surface area contributed by atoms with Crippen LogP contribution in [0.2, 0.25) is 0 Å². The molecule has 0 radical (unpaired) electrons. The molecular formula is C11H12F3NO3. The summed E-state index contributed by atoms with van der Waals surface area (Å²) >= 11 is 0. The van der Waals surface area contributed by atoms with Gasteiger partial charge in [0.05, 0.1) is 0 Å². The molecule has 0 unspecified atom stereocenters. The fourth-order valence-electron chi connectivity index (χ4n) is 1.26. The lowest BCUT2D eigenvalue weighted by molar-refractivity contribution is -0.135. The highest BCUT2D eigenvalue weighted by Gasteiger charge is 2.26. The van der Waals surface area contributed by atoms with Crippen LogP contribution in [0.5, 0.6) is 11.5 Å². The van der Waals surface area contributed by atoms with Gasteiger partial charge in [-0.15, -0.1) is 0 Å². The number of hydrogen-bond acceptors (Lipinski definition) is 3. The number of carbonyl (C=O) groups excluding carboxylic acids is 1. The maximum absolute atomic E-state index is 11.8. The summed E-state index contributed by atoms with van der Waals surface area (Å²) in [5.41, 5.74) is 0.0670. The SMILES string of the molecule is O=C(NCCCC(F)(F)F)c1ccc(O)c(O)c1. The van der Waals surface area contributed by atoms with Crippen LogP contribution in [-0.4, -0.2) is 28.8 Å². The molecule has 0 spiro atoms. The number of carbonyl (C=O) groups is 1. The first-order valence-electron chi connectivity index (χ1n) is 5.16. The average Bonchev–Trinajstić information content (AvgIpc) is 2.26. The number of aromatic hydroxyl groups is 2. The molecule has 100 valence electrons. The van der Waals surface area contributed by atoms with E-state index in [0.717, 1.165) is 12.1 Å². The molecule has 1 aromatic carbocycles. The van der Waals surface area contributed by atoms with Crippen LogP contribution in [0.25, 0.3) is 0 Å². The summed E-state index contributed by atoms with van der Waals surface area (Å²) in [7, 11) is 0. The predicted octanol–water partition coefficient (Wildman–Crippen LogP) is 2.17. The molecule has 0 aliphatic rings. The molecule has 1 rings (SSSR count). The van der Waals surface area contributed by atoms with Crippen LogP contribution in [0.15, 0.2) is 18.2 Å². The van der Waals surface area contributed by atoms with Crippen molar-refractivity contribution in [3.8, 4) is 11.5 Å². The zero-order chi connectivity index (χ0) is 13.8. The lowest BCUT2D eigenvalue weighted by Gasteiger charge is -2.08. The Morgan fingerprint density at radius 1 is 1.22 bits per heavy atom. The molecule has 0 aliphatic heterocycles. The fraction of sp³-hybridized carbons (Fsp3) is 0.364. The molecule has 0 bridgehead atoms. The van der Waals surface area contributed by atoms with Crippen LogP contribution >= 0.6 is 0 Å². The van der Waals surface area contributed by atoms with Gasteiger partial charge in [-0.25, -0.2) is 0 Å². The third-order valence-electron chi connectivity index (χ3n) is 2.16. The molecule has 0 atom stereocenters. The van der Waals surface area contributed by atoms with E-state index in [1.807, 2.05) is 0 Å². The van der Waals surface area contributed by atoms with Crippen molar-refractivity contribution < 1.29 is 28.2 Å². The van der Waals surface area contributed by atoms with Gasteiger partial charge >= 0.3 is 6.18 Å². The minimum absolute atomic E-state index is 0.0670. The second-order valence-corrected chi connectivity index (χ2v) is 3.68. The van der Waals surface area contributed by atoms with Crippen LogP contribution in [0, 0.1) is 0 Å². The molecule has 3 N–H and O–H groups in total. The smallest absolute Gasteiger partial charge is 0.389 e. The van der Waals surface area contributed by atoms with E-state index in [4.69, 9.17) is 10.2 Å². The van der Waals surface area contributed by atoms with Gasteiger partial charge in [-0.05, 0) is 24.6 Å². The number of phenolic OH excluding ortho intramolecular Hbond substituents is 2. The Kier molecular flexibility index (Phi) is 4.41. The molecule has 0 heterocycles. The molecule has 1 aromatic rings. The molecule has 0 aromatic heterocycles. The molecule has 0 fully saturated rings. The lowest BCUT2D eigenvalue weighted by atomic mass is 10.2. The summed E-state index contributed by atoms with van der Waals surface area (Å²) in [6, 6.07) is 3.42. The Bertz CT molecular complexity index is 432. The summed E-state index contributed by atoms with van der Waals surface area (Å²) in [5.74, 6) is -1.44. The third kappa shape index (κ3) is 4.52. The van der Waals surface area contributed by atoms with Crippen molar-refractivity contribution >= 4 is 5.91 Å². The van der Waals surface area contributed by atoms with Gasteiger partial charge in [0.15, 0.2) is 11.5 Å². The molecule has 18 heavy (non-hydrogen) atoms. The Morgan fingerprint density at radius 3 is 2.44 bits per heavy atom. The number of nitrogens with one attached hydrogen (secondary N) is 1. The van der Waals surface area contributed by atoms with Gasteiger partial charge in [0.25, 0.3) is 5.91 Å². The van der Waals surface area contributed by atoms with E-state index in [1.54, 1.807) is 0 Å². The van der Waals surface area contributed by atoms with Crippen molar-refractivity contribution in [1.29, 1.82) is 0 Å². The van der Waals surface area contributed by atoms with Gasteiger partial charge in [-0.2, -0.15) is 13.2 Å². The number of rotatable bonds is 4. The second kappa shape index (κ2) is 5.61. The number of benzene rings is 1. The van der Waals surface area contributed by atoms with Gasteiger partial charge in [0, 0.05) is 18.5 Å². The topological polar surface area (TPSA) is 69.6 Å². The van der Waals surface area contributed by atoms with Crippen LogP contribution in [0.3, 0.4) is 0 Å². The monoisotopic (exact) mass is 263 g/mol. The minimum Gasteiger partial charge on any atom is -0.504 e.